The highest BCUT2D eigenvalue weighted by Gasteiger charge is 2.50. The summed E-state index contributed by atoms with van der Waals surface area (Å²) >= 11 is 0. The number of ether oxygens (including phenoxy) is 3. The molecule has 2 bridgehead atoms. The van der Waals surface area contributed by atoms with Crippen LogP contribution in [0.25, 0.3) is 0 Å². The third kappa shape index (κ3) is 2.15. The minimum absolute atomic E-state index is 0.300. The van der Waals surface area contributed by atoms with E-state index in [4.69, 9.17) is 14.2 Å². The number of benzene rings is 1. The summed E-state index contributed by atoms with van der Waals surface area (Å²) in [6.45, 7) is 0.646. The topological polar surface area (TPSA) is 68.2 Å². The van der Waals surface area contributed by atoms with Crippen LogP contribution >= 0.6 is 0 Å². The Kier molecular flexibility index (Phi) is 3.32. The van der Waals surface area contributed by atoms with Gasteiger partial charge in [0.1, 0.15) is 24.4 Å². The third-order valence-corrected chi connectivity index (χ3v) is 3.35. The lowest BCUT2D eigenvalue weighted by Crippen LogP contribution is -2.54. The zero-order chi connectivity index (χ0) is 12.5. The van der Waals surface area contributed by atoms with E-state index in [2.05, 4.69) is 0 Å². The van der Waals surface area contributed by atoms with Gasteiger partial charge in [-0.2, -0.15) is 0 Å². The normalized spacial score (nSPS) is 38.9. The minimum Gasteiger partial charge on any atom is -0.387 e. The molecule has 0 saturated carbocycles. The zero-order valence-corrected chi connectivity index (χ0v) is 9.81. The fourth-order valence-corrected chi connectivity index (χ4v) is 2.33. The van der Waals surface area contributed by atoms with Gasteiger partial charge in [0.25, 0.3) is 0 Å². The number of rotatable bonds is 3. The summed E-state index contributed by atoms with van der Waals surface area (Å²) in [5.41, 5.74) is 0.997. The first-order valence-corrected chi connectivity index (χ1v) is 6.04. The molecule has 0 aliphatic carbocycles. The summed E-state index contributed by atoms with van der Waals surface area (Å²) in [6, 6.07) is 9.63. The largest absolute Gasteiger partial charge is 0.387 e. The van der Waals surface area contributed by atoms with Crippen LogP contribution < -0.4 is 0 Å². The number of hydrogen-bond acceptors (Lipinski definition) is 5. The molecule has 0 aromatic heterocycles. The maximum absolute atomic E-state index is 10.0. The first-order valence-electron chi connectivity index (χ1n) is 6.04. The van der Waals surface area contributed by atoms with Crippen molar-refractivity contribution >= 4 is 0 Å². The Morgan fingerprint density at radius 2 is 1.94 bits per heavy atom. The van der Waals surface area contributed by atoms with Gasteiger partial charge >= 0.3 is 0 Å². The van der Waals surface area contributed by atoms with Crippen molar-refractivity contribution in [1.29, 1.82) is 0 Å². The number of fused-ring (bicyclic) bond motifs is 2. The van der Waals surface area contributed by atoms with Crippen LogP contribution in [0.5, 0.6) is 0 Å². The second kappa shape index (κ2) is 4.95. The van der Waals surface area contributed by atoms with E-state index in [1.165, 1.54) is 0 Å². The van der Waals surface area contributed by atoms with Gasteiger partial charge in [0.2, 0.25) is 0 Å². The van der Waals surface area contributed by atoms with Crippen molar-refractivity contribution in [1.82, 2.24) is 0 Å². The van der Waals surface area contributed by atoms with Gasteiger partial charge in [-0.15, -0.1) is 0 Å². The molecule has 5 nitrogen and oxygen atoms in total. The van der Waals surface area contributed by atoms with Crippen LogP contribution in [0.1, 0.15) is 5.56 Å². The molecule has 5 atom stereocenters. The summed E-state index contributed by atoms with van der Waals surface area (Å²) in [4.78, 5) is 0. The fourth-order valence-electron chi connectivity index (χ4n) is 2.33. The molecule has 18 heavy (non-hydrogen) atoms. The van der Waals surface area contributed by atoms with E-state index < -0.39 is 30.7 Å². The van der Waals surface area contributed by atoms with Crippen LogP contribution in [0.4, 0.5) is 0 Å². The molecule has 0 spiro atoms. The van der Waals surface area contributed by atoms with Gasteiger partial charge < -0.3 is 24.4 Å². The van der Waals surface area contributed by atoms with Crippen LogP contribution in [0.15, 0.2) is 30.3 Å². The summed E-state index contributed by atoms with van der Waals surface area (Å²) in [5, 5.41) is 20.0. The molecule has 1 aromatic rings. The second-order valence-electron chi connectivity index (χ2n) is 4.62. The highest BCUT2D eigenvalue weighted by Crippen LogP contribution is 2.30. The molecule has 5 heteroatoms. The molecule has 3 rings (SSSR count). The van der Waals surface area contributed by atoms with Crippen molar-refractivity contribution in [2.24, 2.45) is 0 Å². The first-order chi connectivity index (χ1) is 8.75. The van der Waals surface area contributed by atoms with Crippen LogP contribution in [-0.4, -0.2) is 47.5 Å². The van der Waals surface area contributed by atoms with E-state index in [1.54, 1.807) is 0 Å². The minimum atomic E-state index is -0.956. The standard InChI is InChI=1S/C13H16O5/c14-10-9-7-17-13(18-9)11(15)12(10)16-6-8-4-2-1-3-5-8/h1-5,9-15H,6-7H2/t9?,10?,11?,12?,13-/m1/s1. The van der Waals surface area contributed by atoms with E-state index in [0.29, 0.717) is 13.2 Å². The second-order valence-corrected chi connectivity index (χ2v) is 4.62. The van der Waals surface area contributed by atoms with Gasteiger partial charge in [0, 0.05) is 0 Å². The Morgan fingerprint density at radius 3 is 2.72 bits per heavy atom. The summed E-state index contributed by atoms with van der Waals surface area (Å²) in [7, 11) is 0. The summed E-state index contributed by atoms with van der Waals surface area (Å²) < 4.78 is 16.1. The van der Waals surface area contributed by atoms with Crippen LogP contribution in [-0.2, 0) is 20.8 Å². The fraction of sp³-hybridized carbons (Fsp3) is 0.538. The van der Waals surface area contributed by atoms with Crippen molar-refractivity contribution in [3.63, 3.8) is 0 Å². The molecular weight excluding hydrogens is 236 g/mol. The Bertz CT molecular complexity index is 380. The molecule has 2 heterocycles. The number of aliphatic hydroxyl groups is 2. The van der Waals surface area contributed by atoms with Gasteiger partial charge in [-0.3, -0.25) is 0 Å². The lowest BCUT2D eigenvalue weighted by atomic mass is 10.0. The Hall–Kier alpha value is -0.980. The maximum Gasteiger partial charge on any atom is 0.186 e. The van der Waals surface area contributed by atoms with Crippen molar-refractivity contribution in [3.8, 4) is 0 Å². The average Bonchev–Trinajstić information content (AvgIpc) is 2.85. The SMILES string of the molecule is OC1C2CO[C@H](O2)C(O)C1OCc1ccccc1. The molecule has 1 aromatic carbocycles. The molecule has 0 radical (unpaired) electrons. The lowest BCUT2D eigenvalue weighted by molar-refractivity contribution is -0.242. The predicted molar refractivity (Wildman–Crippen MR) is 61.6 cm³/mol. The van der Waals surface area contributed by atoms with E-state index in [0.717, 1.165) is 5.56 Å². The molecule has 2 N–H and O–H groups in total. The molecule has 2 aliphatic rings. The molecular formula is C13H16O5. The monoisotopic (exact) mass is 252 g/mol. The molecule has 2 aliphatic heterocycles. The predicted octanol–water partition coefficient (Wildman–Crippen LogP) is 0.0487. The van der Waals surface area contributed by atoms with Crippen molar-refractivity contribution < 1.29 is 24.4 Å². The lowest BCUT2D eigenvalue weighted by Gasteiger charge is -2.35. The van der Waals surface area contributed by atoms with Gasteiger partial charge in [-0.1, -0.05) is 30.3 Å². The summed E-state index contributed by atoms with van der Waals surface area (Å²) in [6.07, 6.45) is -3.57. The highest BCUT2D eigenvalue weighted by atomic mass is 16.7. The number of hydrogen-bond donors (Lipinski definition) is 2. The summed E-state index contributed by atoms with van der Waals surface area (Å²) in [5.74, 6) is 0. The van der Waals surface area contributed by atoms with E-state index >= 15 is 0 Å². The Morgan fingerprint density at radius 1 is 1.17 bits per heavy atom. The molecule has 98 valence electrons. The van der Waals surface area contributed by atoms with Gasteiger partial charge in [0.15, 0.2) is 6.29 Å². The Labute approximate surface area is 105 Å². The van der Waals surface area contributed by atoms with Gasteiger partial charge in [0.05, 0.1) is 13.2 Å². The first kappa shape index (κ1) is 12.1. The average molecular weight is 252 g/mol. The quantitative estimate of drug-likeness (QED) is 0.795. The van der Waals surface area contributed by atoms with Crippen LogP contribution in [0, 0.1) is 0 Å². The molecule has 0 amide bonds. The van der Waals surface area contributed by atoms with E-state index in [9.17, 15) is 10.2 Å². The van der Waals surface area contributed by atoms with Crippen LogP contribution in [0.2, 0.25) is 0 Å². The van der Waals surface area contributed by atoms with E-state index in [1.807, 2.05) is 30.3 Å². The zero-order valence-electron chi connectivity index (χ0n) is 9.81. The third-order valence-electron chi connectivity index (χ3n) is 3.35. The van der Waals surface area contributed by atoms with Crippen molar-refractivity contribution in [3.05, 3.63) is 35.9 Å². The molecule has 2 fully saturated rings. The molecule has 2 saturated heterocycles. The smallest absolute Gasteiger partial charge is 0.186 e. The maximum atomic E-state index is 10.0. The van der Waals surface area contributed by atoms with Gasteiger partial charge in [-0.25, -0.2) is 0 Å². The van der Waals surface area contributed by atoms with Gasteiger partial charge in [-0.05, 0) is 5.56 Å². The highest BCUT2D eigenvalue weighted by molar-refractivity contribution is 5.13. The van der Waals surface area contributed by atoms with Crippen LogP contribution in [0.3, 0.4) is 0 Å². The molecule has 4 unspecified atom stereocenters. The number of aliphatic hydroxyl groups excluding tert-OH is 2. The van der Waals surface area contributed by atoms with Crippen molar-refractivity contribution in [2.75, 3.05) is 6.61 Å². The van der Waals surface area contributed by atoms with Crippen molar-refractivity contribution in [2.45, 2.75) is 37.3 Å². The van der Waals surface area contributed by atoms with E-state index in [-0.39, 0.29) is 0 Å². The Balaban J connectivity index is 1.65.